The maximum atomic E-state index is 13.7. The number of thiophene rings is 1. The Morgan fingerprint density at radius 2 is 1.64 bits per heavy atom. The highest BCUT2D eigenvalue weighted by Crippen LogP contribution is 2.42. The summed E-state index contributed by atoms with van der Waals surface area (Å²) in [5.41, 5.74) is 2.66. The zero-order chi connectivity index (χ0) is 36.5. The molecule has 0 saturated heterocycles. The fourth-order valence-corrected chi connectivity index (χ4v) is 9.52. The van der Waals surface area contributed by atoms with E-state index in [4.69, 9.17) is 29.8 Å². The van der Waals surface area contributed by atoms with Crippen LogP contribution in [0.4, 0.5) is 9.59 Å². The molecule has 0 spiro atoms. The van der Waals surface area contributed by atoms with Gasteiger partial charge in [-0.15, -0.1) is 11.3 Å². The van der Waals surface area contributed by atoms with Gasteiger partial charge in [-0.2, -0.15) is 4.31 Å². The summed E-state index contributed by atoms with van der Waals surface area (Å²) in [6.45, 7) is 1.50. The Bertz CT molecular complexity index is 1820. The molecule has 1 aliphatic heterocycles. The summed E-state index contributed by atoms with van der Waals surface area (Å²) in [4.78, 5) is 36.5. The number of methoxy groups -OCH3 is 1. The van der Waals surface area contributed by atoms with Gasteiger partial charge in [0.2, 0.25) is 0 Å². The molecule has 3 aromatic rings. The lowest BCUT2D eigenvalue weighted by Gasteiger charge is -2.37. The van der Waals surface area contributed by atoms with Gasteiger partial charge in [-0.05, 0) is 54.8 Å². The van der Waals surface area contributed by atoms with Crippen LogP contribution in [0.1, 0.15) is 36.1 Å². The molecule has 2 heterocycles. The van der Waals surface area contributed by atoms with Gasteiger partial charge in [0.1, 0.15) is 19.9 Å². The monoisotopic (exact) mass is 761 g/mol. The largest absolute Gasteiger partial charge is 0.426 e. The van der Waals surface area contributed by atoms with Crippen molar-refractivity contribution in [2.45, 2.75) is 41.0 Å². The van der Waals surface area contributed by atoms with Crippen molar-refractivity contribution in [1.82, 2.24) is 25.0 Å². The SMILES string of the molecule is CCN(C(=O)Oc1ccc(CON(O)O)cc1)[C@H]1CN(CCCOC)S(=O)(=O)c2sc(S(=O)(=O)NC(=O)Oc3ccc(CONO)cc3)cc21. The fraction of sp³-hybridized carbons (Fsp3) is 0.357. The molecule has 5 N–H and O–H groups in total. The van der Waals surface area contributed by atoms with E-state index in [-0.39, 0.29) is 60.7 Å². The number of nitrogens with one attached hydrogen (secondary N) is 2. The predicted molar refractivity (Wildman–Crippen MR) is 170 cm³/mol. The minimum Gasteiger partial charge on any atom is -0.410 e. The van der Waals surface area contributed by atoms with Gasteiger partial charge in [0, 0.05) is 38.9 Å². The maximum absolute atomic E-state index is 13.7. The van der Waals surface area contributed by atoms with Gasteiger partial charge in [0.05, 0.1) is 24.6 Å². The summed E-state index contributed by atoms with van der Waals surface area (Å²) >= 11 is 0.417. The first kappa shape index (κ1) is 39.0. The molecule has 1 aromatic heterocycles. The van der Waals surface area contributed by atoms with Gasteiger partial charge in [-0.3, -0.25) is 25.4 Å². The molecular formula is C28H35N5O14S3. The Morgan fingerprint density at radius 3 is 2.22 bits per heavy atom. The summed E-state index contributed by atoms with van der Waals surface area (Å²) in [7, 11) is -7.44. The van der Waals surface area contributed by atoms with E-state index in [1.807, 2.05) is 0 Å². The Kier molecular flexibility index (Phi) is 13.6. The molecule has 0 unspecified atom stereocenters. The molecule has 2 aromatic carbocycles. The van der Waals surface area contributed by atoms with Gasteiger partial charge in [0.25, 0.3) is 20.0 Å². The number of rotatable bonds is 16. The van der Waals surface area contributed by atoms with Gasteiger partial charge in [0.15, 0.2) is 0 Å². The van der Waals surface area contributed by atoms with Crippen LogP contribution in [0.5, 0.6) is 11.5 Å². The number of carbonyl (C=O) groups is 2. The highest BCUT2D eigenvalue weighted by Gasteiger charge is 2.44. The van der Waals surface area contributed by atoms with Gasteiger partial charge in [-0.25, -0.2) is 36.0 Å². The van der Waals surface area contributed by atoms with Gasteiger partial charge < -0.3 is 14.2 Å². The van der Waals surface area contributed by atoms with E-state index in [0.29, 0.717) is 28.9 Å². The number of benzene rings is 2. The number of sulfonamides is 2. The van der Waals surface area contributed by atoms with Crippen LogP contribution in [-0.4, -0.2) is 92.6 Å². The van der Waals surface area contributed by atoms with E-state index in [0.717, 1.165) is 10.4 Å². The van der Waals surface area contributed by atoms with Crippen molar-refractivity contribution in [2.24, 2.45) is 0 Å². The van der Waals surface area contributed by atoms with E-state index in [1.54, 1.807) is 11.6 Å². The second-order valence-electron chi connectivity index (χ2n) is 10.4. The third-order valence-electron chi connectivity index (χ3n) is 7.11. The van der Waals surface area contributed by atoms with Crippen LogP contribution in [0.25, 0.3) is 0 Å². The predicted octanol–water partition coefficient (Wildman–Crippen LogP) is 2.75. The number of carbonyl (C=O) groups excluding carboxylic acids is 2. The second-order valence-corrected chi connectivity index (χ2v) is 15.5. The van der Waals surface area contributed by atoms with Crippen LogP contribution in [0.3, 0.4) is 0 Å². The molecule has 0 fully saturated rings. The van der Waals surface area contributed by atoms with Gasteiger partial charge >= 0.3 is 12.2 Å². The average molecular weight is 762 g/mol. The number of likely N-dealkylation sites (N-methyl/N-ethyl adjacent to an activating group) is 1. The van der Waals surface area contributed by atoms with Crippen molar-refractivity contribution < 1.29 is 65.9 Å². The number of hydrogen-bond acceptors (Lipinski definition) is 17. The van der Waals surface area contributed by atoms with E-state index < -0.39 is 47.9 Å². The highest BCUT2D eigenvalue weighted by atomic mass is 32.3. The lowest BCUT2D eigenvalue weighted by Crippen LogP contribution is -2.47. The molecule has 4 rings (SSSR count). The fourth-order valence-electron chi connectivity index (χ4n) is 4.78. The zero-order valence-electron chi connectivity index (χ0n) is 26.6. The summed E-state index contributed by atoms with van der Waals surface area (Å²) in [5, 5.41) is 25.5. The van der Waals surface area contributed by atoms with Crippen molar-refractivity contribution in [3.05, 3.63) is 71.3 Å². The average Bonchev–Trinajstić information content (AvgIpc) is 3.54. The first-order valence-corrected chi connectivity index (χ1v) is 18.4. The third-order valence-corrected chi connectivity index (χ3v) is 12.4. The van der Waals surface area contributed by atoms with Crippen molar-refractivity contribution in [1.29, 1.82) is 0 Å². The molecular weight excluding hydrogens is 727 g/mol. The molecule has 0 bridgehead atoms. The van der Waals surface area contributed by atoms with Crippen molar-refractivity contribution in [3.8, 4) is 11.5 Å². The molecule has 50 heavy (non-hydrogen) atoms. The number of amides is 2. The minimum absolute atomic E-state index is 0.00728. The maximum Gasteiger partial charge on any atom is 0.426 e. The Hall–Kier alpha value is -3.78. The van der Waals surface area contributed by atoms with Crippen LogP contribution in [0.15, 0.2) is 63.0 Å². The van der Waals surface area contributed by atoms with Gasteiger partial charge in [-0.1, -0.05) is 29.9 Å². The zero-order valence-corrected chi connectivity index (χ0v) is 29.1. The molecule has 0 radical (unpaired) electrons. The van der Waals surface area contributed by atoms with Crippen LogP contribution >= 0.6 is 11.3 Å². The number of ether oxygens (including phenoxy) is 3. The smallest absolute Gasteiger partial charge is 0.410 e. The lowest BCUT2D eigenvalue weighted by molar-refractivity contribution is -0.497. The third kappa shape index (κ3) is 9.93. The summed E-state index contributed by atoms with van der Waals surface area (Å²) in [5.74, 6) is 0.101. The van der Waals surface area contributed by atoms with Crippen molar-refractivity contribution in [2.75, 3.05) is 33.4 Å². The molecule has 19 nitrogen and oxygen atoms in total. The first-order chi connectivity index (χ1) is 23.8. The molecule has 1 aliphatic rings. The Morgan fingerprint density at radius 1 is 1.02 bits per heavy atom. The lowest BCUT2D eigenvalue weighted by atomic mass is 10.1. The van der Waals surface area contributed by atoms with E-state index in [2.05, 4.69) is 9.68 Å². The van der Waals surface area contributed by atoms with Crippen LogP contribution < -0.4 is 19.8 Å². The standard InChI is InChI=1S/C28H35N5O14S3/c1-3-32(28(35)47-22-11-7-20(8-12-22)18-45-33(37)38)24-16-31(13-4-14-43-2)50(41,42)26-23(24)15-25(48-26)49(39,40)29-27(34)46-21-9-5-19(6-10-21)17-44-30-36/h5-12,15,24,30,36-38H,3-4,13-14,16-18H2,1-2H3,(H,29,34)/t24-/m0/s1. The second kappa shape index (κ2) is 17.4. The molecule has 274 valence electrons. The number of fused-ring (bicyclic) bond motifs is 1. The van der Waals surface area contributed by atoms with Crippen LogP contribution in [0, 0.1) is 0 Å². The van der Waals surface area contributed by atoms with E-state index in [1.165, 1.54) is 66.2 Å². The first-order valence-electron chi connectivity index (χ1n) is 14.6. The Labute approximate surface area is 291 Å². The Balaban J connectivity index is 1.59. The van der Waals surface area contributed by atoms with E-state index >= 15 is 0 Å². The van der Waals surface area contributed by atoms with Crippen molar-refractivity contribution >= 4 is 43.6 Å². The van der Waals surface area contributed by atoms with Crippen LogP contribution in [-0.2, 0) is 47.7 Å². The quantitative estimate of drug-likeness (QED) is 0.104. The van der Waals surface area contributed by atoms with Crippen molar-refractivity contribution in [3.63, 3.8) is 0 Å². The topological polar surface area (TPSA) is 243 Å². The molecule has 0 aliphatic carbocycles. The summed E-state index contributed by atoms with van der Waals surface area (Å²) in [6, 6.07) is 11.8. The molecule has 1 atom stereocenters. The normalized spacial score (nSPS) is 15.8. The molecule has 0 saturated carbocycles. The van der Waals surface area contributed by atoms with E-state index in [9.17, 15) is 26.4 Å². The number of nitrogens with zero attached hydrogens (tertiary/aromatic N) is 3. The minimum atomic E-state index is -4.67. The number of hydrogen-bond donors (Lipinski definition) is 5. The molecule has 2 amide bonds. The van der Waals surface area contributed by atoms with Crippen LogP contribution in [0.2, 0.25) is 0 Å². The molecule has 22 heteroatoms. The summed E-state index contributed by atoms with van der Waals surface area (Å²) < 4.78 is 71.9. The highest BCUT2D eigenvalue weighted by molar-refractivity contribution is 7.94. The summed E-state index contributed by atoms with van der Waals surface area (Å²) in [6.07, 6.45) is -1.91.